The van der Waals surface area contributed by atoms with Gasteiger partial charge in [-0.25, -0.2) is 0 Å². The molecule has 0 saturated carbocycles. The second-order valence-electron chi connectivity index (χ2n) is 2.72. The molecule has 0 heterocycles. The first-order valence-electron chi connectivity index (χ1n) is 3.89. The fourth-order valence-corrected chi connectivity index (χ4v) is 1.18. The van der Waals surface area contributed by atoms with E-state index in [9.17, 15) is 18.0 Å². The van der Waals surface area contributed by atoms with E-state index in [0.717, 1.165) is 18.2 Å². The highest BCUT2D eigenvalue weighted by Gasteiger charge is 2.30. The van der Waals surface area contributed by atoms with Crippen LogP contribution in [-0.2, 0) is 11.0 Å². The van der Waals surface area contributed by atoms with Crippen LogP contribution in [0.2, 0.25) is 5.02 Å². The van der Waals surface area contributed by atoms with Gasteiger partial charge in [0.15, 0.2) is 0 Å². The van der Waals surface area contributed by atoms with Crippen LogP contribution in [-0.4, -0.2) is 5.24 Å². The van der Waals surface area contributed by atoms with Crippen molar-refractivity contribution >= 4 is 28.4 Å². The quantitative estimate of drug-likeness (QED) is 0.519. The summed E-state index contributed by atoms with van der Waals surface area (Å²) in [5.41, 5.74) is -0.760. The first kappa shape index (κ1) is 12.9. The third-order valence-corrected chi connectivity index (χ3v) is 2.00. The molecule has 84 valence electrons. The summed E-state index contributed by atoms with van der Waals surface area (Å²) in [7, 11) is 0. The molecule has 0 aliphatic carbocycles. The number of alkyl halides is 3. The van der Waals surface area contributed by atoms with Crippen molar-refractivity contribution in [2.24, 2.45) is 0 Å². The zero-order valence-corrected chi connectivity index (χ0v) is 9.04. The Hall–Kier alpha value is -1.18. The average molecular weight is 267 g/mol. The summed E-state index contributed by atoms with van der Waals surface area (Å²) in [6, 6.07) is 2.65. The van der Waals surface area contributed by atoms with Crippen LogP contribution in [0.25, 0.3) is 0 Å². The van der Waals surface area contributed by atoms with E-state index in [0.29, 0.717) is 0 Å². The number of benzene rings is 1. The van der Waals surface area contributed by atoms with Crippen molar-refractivity contribution in [2.45, 2.75) is 6.18 Å². The molecule has 0 unspecified atom stereocenters. The van der Waals surface area contributed by atoms with Crippen LogP contribution < -0.4 is 0 Å². The summed E-state index contributed by atoms with van der Waals surface area (Å²) in [5, 5.41) is -1.09. The summed E-state index contributed by atoms with van der Waals surface area (Å²) in [6.07, 6.45) is -4.46. The molecule has 0 spiro atoms. The molecule has 0 fully saturated rings. The summed E-state index contributed by atoms with van der Waals surface area (Å²) in [6.45, 7) is 0. The number of hydrogen-bond acceptors (Lipinski definition) is 1. The Morgan fingerprint density at radius 3 is 2.38 bits per heavy atom. The van der Waals surface area contributed by atoms with Crippen molar-refractivity contribution in [2.75, 3.05) is 0 Å². The van der Waals surface area contributed by atoms with Gasteiger partial charge in [0, 0.05) is 5.56 Å². The maximum atomic E-state index is 12.2. The Morgan fingerprint density at radius 2 is 1.94 bits per heavy atom. The molecule has 0 aliphatic heterocycles. The van der Waals surface area contributed by atoms with Gasteiger partial charge in [-0.3, -0.25) is 4.79 Å². The number of rotatable bonds is 0. The van der Waals surface area contributed by atoms with Gasteiger partial charge in [0.25, 0.3) is 5.24 Å². The molecule has 1 nitrogen and oxygen atoms in total. The van der Waals surface area contributed by atoms with Gasteiger partial charge >= 0.3 is 6.18 Å². The molecule has 16 heavy (non-hydrogen) atoms. The van der Waals surface area contributed by atoms with Crippen molar-refractivity contribution < 1.29 is 18.0 Å². The maximum absolute atomic E-state index is 12.2. The Morgan fingerprint density at radius 1 is 1.31 bits per heavy atom. The van der Waals surface area contributed by atoms with Crippen LogP contribution in [0.5, 0.6) is 0 Å². The van der Waals surface area contributed by atoms with Crippen LogP contribution in [0.1, 0.15) is 11.1 Å². The number of carbonyl (C=O) groups is 1. The van der Waals surface area contributed by atoms with Gasteiger partial charge in [-0.1, -0.05) is 17.5 Å². The SMILES string of the molecule is O=C(Cl)C#Cc1ccc(C(F)(F)F)cc1Cl. The second-order valence-corrected chi connectivity index (χ2v) is 3.47. The summed E-state index contributed by atoms with van der Waals surface area (Å²) in [4.78, 5) is 10.3. The van der Waals surface area contributed by atoms with Gasteiger partial charge in [0.2, 0.25) is 0 Å². The Kier molecular flexibility index (Phi) is 3.84. The van der Waals surface area contributed by atoms with E-state index in [1.807, 2.05) is 5.92 Å². The van der Waals surface area contributed by atoms with Crippen LogP contribution in [0.4, 0.5) is 13.2 Å². The van der Waals surface area contributed by atoms with Crippen LogP contribution >= 0.6 is 23.2 Å². The van der Waals surface area contributed by atoms with Crippen LogP contribution in [0.15, 0.2) is 18.2 Å². The van der Waals surface area contributed by atoms with Crippen molar-refractivity contribution in [3.8, 4) is 11.8 Å². The second kappa shape index (κ2) is 4.77. The Balaban J connectivity index is 3.12. The maximum Gasteiger partial charge on any atom is 0.416 e. The zero-order valence-electron chi connectivity index (χ0n) is 7.53. The third-order valence-electron chi connectivity index (χ3n) is 1.59. The van der Waals surface area contributed by atoms with Crippen molar-refractivity contribution in [1.29, 1.82) is 0 Å². The lowest BCUT2D eigenvalue weighted by atomic mass is 10.1. The summed E-state index contributed by atoms with van der Waals surface area (Å²) < 4.78 is 36.7. The largest absolute Gasteiger partial charge is 0.416 e. The number of halogens is 5. The molecular weight excluding hydrogens is 264 g/mol. The molecule has 6 heteroatoms. The molecule has 0 aromatic heterocycles. The lowest BCUT2D eigenvalue weighted by Gasteiger charge is -2.06. The minimum Gasteiger partial charge on any atom is -0.266 e. The van der Waals surface area contributed by atoms with Gasteiger partial charge in [0.05, 0.1) is 10.6 Å². The summed E-state index contributed by atoms with van der Waals surface area (Å²) in [5.74, 6) is 4.23. The lowest BCUT2D eigenvalue weighted by Crippen LogP contribution is -2.04. The highest BCUT2D eigenvalue weighted by Crippen LogP contribution is 2.31. The predicted molar refractivity (Wildman–Crippen MR) is 54.2 cm³/mol. The van der Waals surface area contributed by atoms with E-state index >= 15 is 0 Å². The average Bonchev–Trinajstić information content (AvgIpc) is 2.14. The van der Waals surface area contributed by atoms with E-state index in [2.05, 4.69) is 5.92 Å². The van der Waals surface area contributed by atoms with Gasteiger partial charge in [-0.05, 0) is 35.7 Å². The van der Waals surface area contributed by atoms with Gasteiger partial charge in [-0.15, -0.1) is 0 Å². The number of carbonyl (C=O) groups excluding carboxylic acids is 1. The molecule has 0 saturated heterocycles. The molecule has 1 aromatic rings. The van der Waals surface area contributed by atoms with Gasteiger partial charge in [-0.2, -0.15) is 13.2 Å². The highest BCUT2D eigenvalue weighted by atomic mass is 35.5. The minimum absolute atomic E-state index is 0.115. The number of hydrogen-bond donors (Lipinski definition) is 0. The van der Waals surface area contributed by atoms with Crippen LogP contribution in [0, 0.1) is 11.8 Å². The van der Waals surface area contributed by atoms with Crippen molar-refractivity contribution in [3.63, 3.8) is 0 Å². The van der Waals surface area contributed by atoms with Crippen LogP contribution in [0.3, 0.4) is 0 Å². The van der Waals surface area contributed by atoms with E-state index in [-0.39, 0.29) is 10.6 Å². The first-order valence-corrected chi connectivity index (χ1v) is 4.64. The fourth-order valence-electron chi connectivity index (χ4n) is 0.909. The van der Waals surface area contributed by atoms with E-state index in [1.165, 1.54) is 0 Å². The predicted octanol–water partition coefficient (Wildman–Crippen LogP) is 3.48. The Labute approximate surface area is 99.2 Å². The molecule has 0 atom stereocenters. The summed E-state index contributed by atoms with van der Waals surface area (Å²) >= 11 is 10.5. The molecule has 1 aromatic carbocycles. The first-order chi connectivity index (χ1) is 7.30. The molecule has 0 aliphatic rings. The zero-order chi connectivity index (χ0) is 12.3. The molecule has 0 N–H and O–H groups in total. The highest BCUT2D eigenvalue weighted by molar-refractivity contribution is 6.68. The van der Waals surface area contributed by atoms with Crippen molar-refractivity contribution in [3.05, 3.63) is 34.3 Å². The molecule has 0 bridgehead atoms. The third kappa shape index (κ3) is 3.44. The minimum atomic E-state index is -4.46. The van der Waals surface area contributed by atoms with Crippen molar-refractivity contribution in [1.82, 2.24) is 0 Å². The lowest BCUT2D eigenvalue weighted by molar-refractivity contribution is -0.137. The molecule has 0 radical (unpaired) electrons. The normalized spacial score (nSPS) is 10.6. The van der Waals surface area contributed by atoms with Gasteiger partial charge < -0.3 is 0 Å². The van der Waals surface area contributed by atoms with E-state index in [4.69, 9.17) is 23.2 Å². The smallest absolute Gasteiger partial charge is 0.266 e. The molecule has 0 amide bonds. The fraction of sp³-hybridized carbons (Fsp3) is 0.100. The molecule has 1 rings (SSSR count). The van der Waals surface area contributed by atoms with Gasteiger partial charge in [0.1, 0.15) is 0 Å². The topological polar surface area (TPSA) is 17.1 Å². The van der Waals surface area contributed by atoms with E-state index < -0.39 is 17.0 Å². The van der Waals surface area contributed by atoms with E-state index in [1.54, 1.807) is 0 Å². The molecular formula is C10H3Cl2F3O. The monoisotopic (exact) mass is 266 g/mol. The Bertz CT molecular complexity index is 483. The standard InChI is InChI=1S/C10H3Cl2F3O/c11-8-5-7(10(13,14)15)3-1-6(8)2-4-9(12)16/h1,3,5H.